The van der Waals surface area contributed by atoms with Crippen molar-refractivity contribution in [2.75, 3.05) is 13.8 Å². The fraction of sp³-hybridized carbons (Fsp3) is 0.240. The maximum Gasteiger partial charge on any atom is 0.287 e. The molecule has 0 saturated carbocycles. The lowest BCUT2D eigenvalue weighted by Gasteiger charge is -2.30. The third-order valence-electron chi connectivity index (χ3n) is 5.42. The van der Waals surface area contributed by atoms with Gasteiger partial charge in [0.25, 0.3) is 6.73 Å². The zero-order chi connectivity index (χ0) is 19.6. The monoisotopic (exact) mass is 372 g/mol. The molecule has 0 aliphatic carbocycles. The summed E-state index contributed by atoms with van der Waals surface area (Å²) >= 11 is 0. The number of rotatable bonds is 5. The zero-order valence-electron chi connectivity index (χ0n) is 16.7. The van der Waals surface area contributed by atoms with Crippen LogP contribution in [0.15, 0.2) is 72.8 Å². The van der Waals surface area contributed by atoms with Gasteiger partial charge in [-0.2, -0.15) is 4.58 Å². The van der Waals surface area contributed by atoms with Crippen molar-refractivity contribution in [3.8, 4) is 11.5 Å². The van der Waals surface area contributed by atoms with Gasteiger partial charge in [-0.15, -0.1) is 0 Å². The van der Waals surface area contributed by atoms with Crippen molar-refractivity contribution in [1.82, 2.24) is 0 Å². The second-order valence-corrected chi connectivity index (χ2v) is 7.72. The van der Waals surface area contributed by atoms with E-state index in [1.165, 1.54) is 11.1 Å². The summed E-state index contributed by atoms with van der Waals surface area (Å²) in [4.78, 5) is 0. The average Bonchev–Trinajstić information content (AvgIpc) is 2.74. The fourth-order valence-corrected chi connectivity index (χ4v) is 3.76. The minimum Gasteiger partial charge on any atom is -0.497 e. The number of nitrogens with zero attached hydrogens (tertiary/aromatic N) is 1. The van der Waals surface area contributed by atoms with E-state index in [2.05, 4.69) is 85.3 Å². The molecular weight excluding hydrogens is 346 g/mol. The summed E-state index contributed by atoms with van der Waals surface area (Å²) in [6.45, 7) is 5.81. The molecule has 0 spiro atoms. The average molecular weight is 372 g/mol. The van der Waals surface area contributed by atoms with Crippen LogP contribution in [-0.4, -0.2) is 24.6 Å². The van der Waals surface area contributed by atoms with Crippen LogP contribution in [0, 0.1) is 0 Å². The van der Waals surface area contributed by atoms with Gasteiger partial charge in [-0.25, -0.2) is 0 Å². The van der Waals surface area contributed by atoms with Crippen molar-refractivity contribution in [2.24, 2.45) is 0 Å². The molecule has 0 N–H and O–H groups in total. The lowest BCUT2D eigenvalue weighted by Crippen LogP contribution is -2.28. The van der Waals surface area contributed by atoms with Crippen LogP contribution < -0.4 is 9.47 Å². The number of hydrogen-bond acceptors (Lipinski definition) is 2. The van der Waals surface area contributed by atoms with Crippen LogP contribution in [0.3, 0.4) is 0 Å². The predicted octanol–water partition coefficient (Wildman–Crippen LogP) is 5.00. The molecule has 1 heterocycles. The molecule has 3 aromatic rings. The van der Waals surface area contributed by atoms with Gasteiger partial charge in [-0.1, -0.05) is 74.5 Å². The van der Waals surface area contributed by atoms with Gasteiger partial charge < -0.3 is 9.47 Å². The Morgan fingerprint density at radius 2 is 1.64 bits per heavy atom. The molecule has 0 saturated heterocycles. The Morgan fingerprint density at radius 1 is 0.964 bits per heavy atom. The molecule has 0 atom stereocenters. The highest BCUT2D eigenvalue weighted by Gasteiger charge is 2.31. The molecule has 1 aliphatic rings. The van der Waals surface area contributed by atoms with Crippen molar-refractivity contribution >= 4 is 6.21 Å². The maximum absolute atomic E-state index is 6.29. The van der Waals surface area contributed by atoms with Crippen molar-refractivity contribution in [1.29, 1.82) is 0 Å². The van der Waals surface area contributed by atoms with E-state index in [-0.39, 0.29) is 5.41 Å². The molecule has 4 rings (SSSR count). The Morgan fingerprint density at radius 3 is 2.32 bits per heavy atom. The summed E-state index contributed by atoms with van der Waals surface area (Å²) in [6.07, 6.45) is 2.18. The molecule has 3 aromatic carbocycles. The molecule has 28 heavy (non-hydrogen) atoms. The molecule has 0 aromatic heterocycles. The van der Waals surface area contributed by atoms with Gasteiger partial charge in [0.2, 0.25) is 0 Å². The Kier molecular flexibility index (Phi) is 4.91. The number of fused-ring (bicyclic) bond motifs is 1. The first-order valence-corrected chi connectivity index (χ1v) is 9.61. The largest absolute Gasteiger partial charge is 0.497 e. The van der Waals surface area contributed by atoms with Gasteiger partial charge in [0.05, 0.1) is 12.7 Å². The van der Waals surface area contributed by atoms with Crippen LogP contribution in [0.1, 0.15) is 36.1 Å². The molecular formula is C25H26NO2+. The van der Waals surface area contributed by atoms with E-state index in [9.17, 15) is 0 Å². The standard InChI is InChI=1S/C25H26NO2/c1-25(2,21-12-8-5-9-13-21)23-15-22(27-3)14-20-17-26(18-28-24(20)23)16-19-10-6-4-7-11-19/h4-15,17H,16,18H2,1-3H3/q+1. The minimum absolute atomic E-state index is 0.199. The van der Waals surface area contributed by atoms with Crippen LogP contribution in [0.2, 0.25) is 0 Å². The van der Waals surface area contributed by atoms with Crippen LogP contribution in [-0.2, 0) is 12.0 Å². The summed E-state index contributed by atoms with van der Waals surface area (Å²) in [6, 6.07) is 25.2. The lowest BCUT2D eigenvalue weighted by atomic mass is 9.77. The van der Waals surface area contributed by atoms with Crippen molar-refractivity contribution < 1.29 is 14.0 Å². The van der Waals surface area contributed by atoms with Crippen LogP contribution in [0.25, 0.3) is 0 Å². The molecule has 0 bridgehead atoms. The molecule has 0 fully saturated rings. The predicted molar refractivity (Wildman–Crippen MR) is 113 cm³/mol. The lowest BCUT2D eigenvalue weighted by molar-refractivity contribution is -0.571. The van der Waals surface area contributed by atoms with E-state index in [4.69, 9.17) is 9.47 Å². The summed E-state index contributed by atoms with van der Waals surface area (Å²) in [7, 11) is 1.71. The normalized spacial score (nSPS) is 13.3. The van der Waals surface area contributed by atoms with E-state index < -0.39 is 0 Å². The highest BCUT2D eigenvalue weighted by Crippen LogP contribution is 2.41. The molecule has 3 heteroatoms. The highest BCUT2D eigenvalue weighted by molar-refractivity contribution is 5.83. The summed E-state index contributed by atoms with van der Waals surface area (Å²) in [5.74, 6) is 1.79. The first-order chi connectivity index (χ1) is 13.6. The topological polar surface area (TPSA) is 21.5 Å². The van der Waals surface area contributed by atoms with Crippen molar-refractivity contribution in [2.45, 2.75) is 25.8 Å². The summed E-state index contributed by atoms with van der Waals surface area (Å²) < 4.78 is 14.1. The first-order valence-electron chi connectivity index (χ1n) is 9.61. The van der Waals surface area contributed by atoms with Crippen LogP contribution in [0.4, 0.5) is 0 Å². The van der Waals surface area contributed by atoms with Gasteiger partial charge in [0.15, 0.2) is 12.8 Å². The van der Waals surface area contributed by atoms with E-state index in [1.54, 1.807) is 7.11 Å². The Bertz CT molecular complexity index is 992. The third-order valence-corrected chi connectivity index (χ3v) is 5.42. The molecule has 1 aliphatic heterocycles. The number of benzene rings is 3. The van der Waals surface area contributed by atoms with Crippen LogP contribution in [0.5, 0.6) is 11.5 Å². The Balaban J connectivity index is 1.76. The number of hydrogen-bond donors (Lipinski definition) is 0. The summed E-state index contributed by atoms with van der Waals surface area (Å²) in [5, 5.41) is 0. The van der Waals surface area contributed by atoms with Gasteiger partial charge in [-0.05, 0) is 17.7 Å². The van der Waals surface area contributed by atoms with Gasteiger partial charge in [-0.3, -0.25) is 0 Å². The number of methoxy groups -OCH3 is 1. The van der Waals surface area contributed by atoms with Gasteiger partial charge in [0.1, 0.15) is 11.5 Å². The summed E-state index contributed by atoms with van der Waals surface area (Å²) in [5.41, 5.74) is 4.51. The molecule has 0 radical (unpaired) electrons. The second-order valence-electron chi connectivity index (χ2n) is 7.72. The quantitative estimate of drug-likeness (QED) is 0.588. The molecule has 142 valence electrons. The fourth-order valence-electron chi connectivity index (χ4n) is 3.76. The molecule has 3 nitrogen and oxygen atoms in total. The SMILES string of the molecule is COc1cc2c(c(C(C)(C)c3ccccc3)c1)OC[N+](Cc1ccccc1)=C2. The highest BCUT2D eigenvalue weighted by atomic mass is 16.5. The van der Waals surface area contributed by atoms with Crippen LogP contribution >= 0.6 is 0 Å². The molecule has 0 amide bonds. The second kappa shape index (κ2) is 7.51. The Labute approximate surface area is 166 Å². The van der Waals surface area contributed by atoms with E-state index in [1.807, 2.05) is 12.1 Å². The van der Waals surface area contributed by atoms with Crippen molar-refractivity contribution in [3.05, 3.63) is 95.1 Å². The van der Waals surface area contributed by atoms with E-state index in [0.717, 1.165) is 29.2 Å². The van der Waals surface area contributed by atoms with Gasteiger partial charge >= 0.3 is 0 Å². The maximum atomic E-state index is 6.29. The number of ether oxygens (including phenoxy) is 2. The minimum atomic E-state index is -0.199. The van der Waals surface area contributed by atoms with Crippen molar-refractivity contribution in [3.63, 3.8) is 0 Å². The molecule has 0 unspecified atom stereocenters. The van der Waals surface area contributed by atoms with E-state index >= 15 is 0 Å². The smallest absolute Gasteiger partial charge is 0.287 e. The Hall–Kier alpha value is -3.07. The van der Waals surface area contributed by atoms with E-state index in [0.29, 0.717) is 6.73 Å². The third kappa shape index (κ3) is 3.53. The zero-order valence-corrected chi connectivity index (χ0v) is 16.7. The first kappa shape index (κ1) is 18.3. The van der Waals surface area contributed by atoms with Gasteiger partial charge in [0, 0.05) is 16.5 Å².